The Morgan fingerprint density at radius 3 is 1.83 bits per heavy atom. The van der Waals surface area contributed by atoms with Crippen molar-refractivity contribution in [1.82, 2.24) is 4.42 Å². The summed E-state index contributed by atoms with van der Waals surface area (Å²) in [5, 5.41) is 0. The molecule has 0 aliphatic carbocycles. The van der Waals surface area contributed by atoms with Crippen molar-refractivity contribution in [3.8, 4) is 0 Å². The molecule has 0 saturated carbocycles. The summed E-state index contributed by atoms with van der Waals surface area (Å²) in [5.74, 6) is 0. The topological polar surface area (TPSA) is 3.24 Å². The average Bonchev–Trinajstić information content (AvgIpc) is 1.38. The van der Waals surface area contributed by atoms with Crippen molar-refractivity contribution >= 4 is 24.2 Å². The Bertz CT molecular complexity index is 22.8. The summed E-state index contributed by atoms with van der Waals surface area (Å²) in [7, 11) is 1.82. The van der Waals surface area contributed by atoms with Gasteiger partial charge in [-0.05, 0) is 11.8 Å². The van der Waals surface area contributed by atoms with Crippen LogP contribution in [0.5, 0.6) is 0 Å². The minimum atomic E-state index is 0. The van der Waals surface area contributed by atoms with Crippen molar-refractivity contribution < 1.29 is 0 Å². The zero-order chi connectivity index (χ0) is 4.28. The molecule has 0 radical (unpaired) electrons. The molecule has 0 aromatic carbocycles. The lowest BCUT2D eigenvalue weighted by molar-refractivity contribution is 0.583. The minimum Gasteiger partial charge on any atom is -0.224 e. The van der Waals surface area contributed by atoms with E-state index < -0.39 is 0 Å². The predicted octanol–water partition coefficient (Wildman–Crippen LogP) is 1.51. The molecule has 0 heterocycles. The van der Waals surface area contributed by atoms with Crippen LogP contribution in [0.25, 0.3) is 0 Å². The molecule has 0 unspecified atom stereocenters. The van der Waals surface area contributed by atoms with Gasteiger partial charge in [-0.1, -0.05) is 6.92 Å². The summed E-state index contributed by atoms with van der Waals surface area (Å²) < 4.78 is 1.60. The smallest absolute Gasteiger partial charge is 0.0107 e. The van der Waals surface area contributed by atoms with Crippen LogP contribution in [0.15, 0.2) is 0 Å². The van der Waals surface area contributed by atoms with Crippen LogP contribution in [-0.4, -0.2) is 18.0 Å². The van der Waals surface area contributed by atoms with E-state index in [1.54, 1.807) is 4.42 Å². The van der Waals surface area contributed by atoms with Crippen LogP contribution in [0, 0.1) is 0 Å². The first-order chi connectivity index (χ1) is 2.27. The van der Waals surface area contributed by atoms with Gasteiger partial charge in [-0.15, -0.1) is 12.4 Å². The SMILES string of the molecule is CCN(C)Cl.Cl. The Morgan fingerprint density at radius 2 is 1.83 bits per heavy atom. The summed E-state index contributed by atoms with van der Waals surface area (Å²) >= 11 is 5.30. The van der Waals surface area contributed by atoms with Crippen molar-refractivity contribution in [3.05, 3.63) is 0 Å². The Balaban J connectivity index is 0. The maximum absolute atomic E-state index is 5.30. The monoisotopic (exact) mass is 129 g/mol. The molecule has 0 N–H and O–H groups in total. The number of hydrogen-bond donors (Lipinski definition) is 0. The Labute approximate surface area is 49.8 Å². The summed E-state index contributed by atoms with van der Waals surface area (Å²) in [4.78, 5) is 0. The highest BCUT2D eigenvalue weighted by Crippen LogP contribution is 1.80. The highest BCUT2D eigenvalue weighted by Gasteiger charge is 1.75. The van der Waals surface area contributed by atoms with Crippen molar-refractivity contribution in [3.63, 3.8) is 0 Å². The molecule has 0 amide bonds. The van der Waals surface area contributed by atoms with Gasteiger partial charge in [0.25, 0.3) is 0 Å². The maximum Gasteiger partial charge on any atom is 0.0107 e. The first kappa shape index (κ1) is 9.74. The van der Waals surface area contributed by atoms with E-state index in [4.69, 9.17) is 11.8 Å². The average molecular weight is 130 g/mol. The van der Waals surface area contributed by atoms with E-state index in [0.29, 0.717) is 0 Å². The van der Waals surface area contributed by atoms with Crippen molar-refractivity contribution in [2.24, 2.45) is 0 Å². The quantitative estimate of drug-likeness (QED) is 0.486. The van der Waals surface area contributed by atoms with Gasteiger partial charge < -0.3 is 0 Å². The van der Waals surface area contributed by atoms with Crippen molar-refractivity contribution in [1.29, 1.82) is 0 Å². The Morgan fingerprint density at radius 1 is 1.67 bits per heavy atom. The summed E-state index contributed by atoms with van der Waals surface area (Å²) in [6.07, 6.45) is 0. The molecule has 0 aromatic rings. The molecule has 0 rings (SSSR count). The predicted molar refractivity (Wildman–Crippen MR) is 31.4 cm³/mol. The van der Waals surface area contributed by atoms with Gasteiger partial charge in [0.2, 0.25) is 0 Å². The van der Waals surface area contributed by atoms with Gasteiger partial charge in [0.15, 0.2) is 0 Å². The van der Waals surface area contributed by atoms with Crippen LogP contribution in [0.4, 0.5) is 0 Å². The molecule has 6 heavy (non-hydrogen) atoms. The maximum atomic E-state index is 5.30. The molecule has 0 atom stereocenters. The molecule has 3 heteroatoms. The van der Waals surface area contributed by atoms with Gasteiger partial charge in [0, 0.05) is 13.6 Å². The largest absolute Gasteiger partial charge is 0.224 e. The molecule has 0 aliphatic heterocycles. The highest BCUT2D eigenvalue weighted by atomic mass is 35.5. The van der Waals surface area contributed by atoms with E-state index in [-0.39, 0.29) is 12.4 Å². The van der Waals surface area contributed by atoms with Crippen LogP contribution in [0.2, 0.25) is 0 Å². The van der Waals surface area contributed by atoms with E-state index in [1.165, 1.54) is 0 Å². The highest BCUT2D eigenvalue weighted by molar-refractivity contribution is 6.13. The molecule has 0 fully saturated rings. The van der Waals surface area contributed by atoms with Gasteiger partial charge in [-0.25, -0.2) is 4.42 Å². The fraction of sp³-hybridized carbons (Fsp3) is 1.00. The third-order valence-corrected chi connectivity index (χ3v) is 0.675. The second-order valence-corrected chi connectivity index (χ2v) is 1.50. The van der Waals surface area contributed by atoms with Crippen molar-refractivity contribution in [2.45, 2.75) is 6.92 Å². The minimum absolute atomic E-state index is 0. The molecule has 0 spiro atoms. The zero-order valence-corrected chi connectivity index (χ0v) is 5.51. The third-order valence-electron chi connectivity index (χ3n) is 0.436. The molecular formula is C3H9Cl2N. The summed E-state index contributed by atoms with van der Waals surface area (Å²) in [6.45, 7) is 2.90. The standard InChI is InChI=1S/C3H8ClN.ClH/c1-3-5(2)4;/h3H2,1-2H3;1H. The van der Waals surface area contributed by atoms with E-state index in [9.17, 15) is 0 Å². The number of nitrogens with zero attached hydrogens (tertiary/aromatic N) is 1. The van der Waals surface area contributed by atoms with Gasteiger partial charge >= 0.3 is 0 Å². The third kappa shape index (κ3) is 8.82. The van der Waals surface area contributed by atoms with E-state index in [0.717, 1.165) is 6.54 Å². The molecule has 40 valence electrons. The second-order valence-electron chi connectivity index (χ2n) is 0.921. The van der Waals surface area contributed by atoms with Gasteiger partial charge in [-0.3, -0.25) is 0 Å². The van der Waals surface area contributed by atoms with Gasteiger partial charge in [0.05, 0.1) is 0 Å². The fourth-order valence-corrected chi connectivity index (χ4v) is 0. The molecule has 1 nitrogen and oxygen atoms in total. The number of halogens is 2. The second kappa shape index (κ2) is 5.54. The normalized spacial score (nSPS) is 8.00. The lowest BCUT2D eigenvalue weighted by atomic mass is 10.8. The first-order valence-corrected chi connectivity index (χ1v) is 1.98. The Hall–Kier alpha value is 0.540. The van der Waals surface area contributed by atoms with Gasteiger partial charge in [-0.2, -0.15) is 0 Å². The van der Waals surface area contributed by atoms with Crippen LogP contribution in [0.3, 0.4) is 0 Å². The van der Waals surface area contributed by atoms with Crippen LogP contribution in [-0.2, 0) is 0 Å². The van der Waals surface area contributed by atoms with Gasteiger partial charge in [0.1, 0.15) is 0 Å². The fourth-order valence-electron chi connectivity index (χ4n) is 0. The summed E-state index contributed by atoms with van der Waals surface area (Å²) in [6, 6.07) is 0. The lowest BCUT2D eigenvalue weighted by Crippen LogP contribution is -2.00. The van der Waals surface area contributed by atoms with Crippen LogP contribution < -0.4 is 0 Å². The van der Waals surface area contributed by atoms with Crippen LogP contribution in [0.1, 0.15) is 6.92 Å². The first-order valence-electron chi connectivity index (χ1n) is 1.64. The van der Waals surface area contributed by atoms with E-state index in [1.807, 2.05) is 14.0 Å². The number of hydrogen-bond acceptors (Lipinski definition) is 1. The van der Waals surface area contributed by atoms with Crippen LogP contribution >= 0.6 is 24.2 Å². The van der Waals surface area contributed by atoms with E-state index >= 15 is 0 Å². The van der Waals surface area contributed by atoms with Crippen molar-refractivity contribution in [2.75, 3.05) is 13.6 Å². The Kier molecular flexibility index (Phi) is 8.99. The zero-order valence-electron chi connectivity index (χ0n) is 3.94. The molecule has 0 aliphatic rings. The lowest BCUT2D eigenvalue weighted by Gasteiger charge is -1.95. The molecule has 0 saturated heterocycles. The molecular weight excluding hydrogens is 121 g/mol. The number of rotatable bonds is 1. The molecule has 0 aromatic heterocycles. The molecule has 0 bridgehead atoms. The summed E-state index contributed by atoms with van der Waals surface area (Å²) in [5.41, 5.74) is 0. The van der Waals surface area contributed by atoms with E-state index in [2.05, 4.69) is 0 Å².